The van der Waals surface area contributed by atoms with Crippen LogP contribution in [0.5, 0.6) is 0 Å². The number of hydrogen-bond donors (Lipinski definition) is 2. The second kappa shape index (κ2) is 6.37. The Labute approximate surface area is 144 Å². The Morgan fingerprint density at radius 1 is 1.00 bits per heavy atom. The smallest absolute Gasteiger partial charge is 0.272 e. The SMILES string of the molecule is CC(=O)Nc1cccc(NC(=O)c2cc3c(Cl)cccc3n2C)c1. The highest BCUT2D eigenvalue weighted by molar-refractivity contribution is 6.35. The van der Waals surface area contributed by atoms with E-state index in [1.165, 1.54) is 6.92 Å². The van der Waals surface area contributed by atoms with E-state index >= 15 is 0 Å². The first-order chi connectivity index (χ1) is 11.5. The number of hydrogen-bond acceptors (Lipinski definition) is 2. The molecular formula is C18H16ClN3O2. The van der Waals surface area contributed by atoms with Gasteiger partial charge in [0.2, 0.25) is 5.91 Å². The fraction of sp³-hybridized carbons (Fsp3) is 0.111. The molecule has 0 atom stereocenters. The Hall–Kier alpha value is -2.79. The van der Waals surface area contributed by atoms with E-state index in [0.717, 1.165) is 10.9 Å². The predicted octanol–water partition coefficient (Wildman–Crippen LogP) is 4.04. The molecule has 0 saturated heterocycles. The summed E-state index contributed by atoms with van der Waals surface area (Å²) in [6.07, 6.45) is 0. The average Bonchev–Trinajstić information content (AvgIpc) is 2.86. The molecule has 2 aromatic carbocycles. The molecule has 0 aliphatic rings. The molecular weight excluding hydrogens is 326 g/mol. The summed E-state index contributed by atoms with van der Waals surface area (Å²) in [5, 5.41) is 6.96. The van der Waals surface area contributed by atoms with Crippen LogP contribution in [0.1, 0.15) is 17.4 Å². The average molecular weight is 342 g/mol. The lowest BCUT2D eigenvalue weighted by molar-refractivity contribution is -0.114. The first kappa shape index (κ1) is 16.1. The van der Waals surface area contributed by atoms with Gasteiger partial charge in [0.25, 0.3) is 5.91 Å². The maximum atomic E-state index is 12.6. The van der Waals surface area contributed by atoms with Crippen molar-refractivity contribution in [2.24, 2.45) is 7.05 Å². The third-order valence-corrected chi connectivity index (χ3v) is 4.04. The number of carbonyl (C=O) groups is 2. The molecule has 2 amide bonds. The predicted molar refractivity (Wildman–Crippen MR) is 96.6 cm³/mol. The van der Waals surface area contributed by atoms with Crippen LogP contribution in [-0.4, -0.2) is 16.4 Å². The standard InChI is InChI=1S/C18H16ClN3O2/c1-11(23)20-12-5-3-6-13(9-12)21-18(24)17-10-14-15(19)7-4-8-16(14)22(17)2/h3-10H,1-2H3,(H,20,23)(H,21,24). The second-order valence-corrected chi connectivity index (χ2v) is 5.88. The summed E-state index contributed by atoms with van der Waals surface area (Å²) < 4.78 is 1.80. The number of nitrogens with zero attached hydrogens (tertiary/aromatic N) is 1. The number of aromatic nitrogens is 1. The molecule has 2 N–H and O–H groups in total. The highest BCUT2D eigenvalue weighted by Crippen LogP contribution is 2.26. The Bertz CT molecular complexity index is 947. The van der Waals surface area contributed by atoms with E-state index in [4.69, 9.17) is 11.6 Å². The maximum Gasteiger partial charge on any atom is 0.272 e. The molecule has 0 aliphatic carbocycles. The van der Waals surface area contributed by atoms with E-state index in [1.807, 2.05) is 19.2 Å². The van der Waals surface area contributed by atoms with Gasteiger partial charge in [-0.15, -0.1) is 0 Å². The highest BCUT2D eigenvalue weighted by atomic mass is 35.5. The van der Waals surface area contributed by atoms with Crippen LogP contribution in [0.15, 0.2) is 48.5 Å². The monoisotopic (exact) mass is 341 g/mol. The first-order valence-electron chi connectivity index (χ1n) is 7.38. The number of amides is 2. The number of nitrogens with one attached hydrogen (secondary N) is 2. The van der Waals surface area contributed by atoms with Gasteiger partial charge in [-0.25, -0.2) is 0 Å². The molecule has 0 unspecified atom stereocenters. The Morgan fingerprint density at radius 3 is 2.33 bits per heavy atom. The van der Waals surface area contributed by atoms with Crippen molar-refractivity contribution in [3.63, 3.8) is 0 Å². The largest absolute Gasteiger partial charge is 0.340 e. The number of aryl methyl sites for hydroxylation is 1. The molecule has 24 heavy (non-hydrogen) atoms. The van der Waals surface area contributed by atoms with Gasteiger partial charge in [0, 0.05) is 41.3 Å². The van der Waals surface area contributed by atoms with Crippen LogP contribution in [0, 0.1) is 0 Å². The Kier molecular flexibility index (Phi) is 4.27. The zero-order chi connectivity index (χ0) is 17.3. The topological polar surface area (TPSA) is 63.1 Å². The third-order valence-electron chi connectivity index (χ3n) is 3.71. The number of rotatable bonds is 3. The van der Waals surface area contributed by atoms with Crippen molar-refractivity contribution >= 4 is 45.7 Å². The number of anilines is 2. The lowest BCUT2D eigenvalue weighted by Crippen LogP contribution is -2.15. The molecule has 3 aromatic rings. The van der Waals surface area contributed by atoms with E-state index in [9.17, 15) is 9.59 Å². The molecule has 6 heteroatoms. The third kappa shape index (κ3) is 3.12. The van der Waals surface area contributed by atoms with E-state index in [0.29, 0.717) is 22.1 Å². The van der Waals surface area contributed by atoms with Crippen molar-refractivity contribution in [2.75, 3.05) is 10.6 Å². The molecule has 3 rings (SSSR count). The fourth-order valence-electron chi connectivity index (χ4n) is 2.62. The number of benzene rings is 2. The van der Waals surface area contributed by atoms with Gasteiger partial charge >= 0.3 is 0 Å². The molecule has 0 spiro atoms. The van der Waals surface area contributed by atoms with Crippen molar-refractivity contribution in [3.8, 4) is 0 Å². The molecule has 0 radical (unpaired) electrons. The number of fused-ring (bicyclic) bond motifs is 1. The van der Waals surface area contributed by atoms with Gasteiger partial charge in [-0.05, 0) is 36.4 Å². The van der Waals surface area contributed by atoms with Crippen LogP contribution in [0.3, 0.4) is 0 Å². The van der Waals surface area contributed by atoms with Crippen LogP contribution in [0.4, 0.5) is 11.4 Å². The molecule has 0 aliphatic heterocycles. The second-order valence-electron chi connectivity index (χ2n) is 5.48. The lowest BCUT2D eigenvalue weighted by atomic mass is 10.2. The van der Waals surface area contributed by atoms with Crippen LogP contribution < -0.4 is 10.6 Å². The molecule has 5 nitrogen and oxygen atoms in total. The number of halogens is 1. The van der Waals surface area contributed by atoms with Gasteiger partial charge in [0.05, 0.1) is 0 Å². The van der Waals surface area contributed by atoms with Gasteiger partial charge in [-0.2, -0.15) is 0 Å². The van der Waals surface area contributed by atoms with Crippen molar-refractivity contribution in [1.29, 1.82) is 0 Å². The molecule has 122 valence electrons. The molecule has 0 saturated carbocycles. The van der Waals surface area contributed by atoms with E-state index in [1.54, 1.807) is 41.0 Å². The summed E-state index contributed by atoms with van der Waals surface area (Å²) in [5.41, 5.74) is 2.62. The summed E-state index contributed by atoms with van der Waals surface area (Å²) in [7, 11) is 1.82. The molecule has 1 aromatic heterocycles. The van der Waals surface area contributed by atoms with Crippen LogP contribution in [-0.2, 0) is 11.8 Å². The van der Waals surface area contributed by atoms with Gasteiger partial charge in [-0.3, -0.25) is 9.59 Å². The minimum absolute atomic E-state index is 0.165. The van der Waals surface area contributed by atoms with Crippen molar-refractivity contribution in [3.05, 3.63) is 59.2 Å². The lowest BCUT2D eigenvalue weighted by Gasteiger charge is -2.08. The van der Waals surface area contributed by atoms with Gasteiger partial charge < -0.3 is 15.2 Å². The van der Waals surface area contributed by atoms with E-state index < -0.39 is 0 Å². The zero-order valence-corrected chi connectivity index (χ0v) is 14.0. The summed E-state index contributed by atoms with van der Waals surface area (Å²) >= 11 is 6.19. The summed E-state index contributed by atoms with van der Waals surface area (Å²) in [6, 6.07) is 14.3. The molecule has 0 fully saturated rings. The number of carbonyl (C=O) groups excluding carboxylic acids is 2. The summed E-state index contributed by atoms with van der Waals surface area (Å²) in [5.74, 6) is -0.411. The first-order valence-corrected chi connectivity index (χ1v) is 7.76. The van der Waals surface area contributed by atoms with Crippen LogP contribution in [0.25, 0.3) is 10.9 Å². The Morgan fingerprint density at radius 2 is 1.67 bits per heavy atom. The highest BCUT2D eigenvalue weighted by Gasteiger charge is 2.15. The summed E-state index contributed by atoms with van der Waals surface area (Å²) in [6.45, 7) is 1.44. The minimum Gasteiger partial charge on any atom is -0.340 e. The fourth-order valence-corrected chi connectivity index (χ4v) is 2.84. The Balaban J connectivity index is 1.89. The van der Waals surface area contributed by atoms with Gasteiger partial charge in [0.15, 0.2) is 0 Å². The van der Waals surface area contributed by atoms with Crippen molar-refractivity contribution in [2.45, 2.75) is 6.92 Å². The van der Waals surface area contributed by atoms with E-state index in [2.05, 4.69) is 10.6 Å². The van der Waals surface area contributed by atoms with Crippen LogP contribution in [0.2, 0.25) is 5.02 Å². The van der Waals surface area contributed by atoms with E-state index in [-0.39, 0.29) is 11.8 Å². The van der Waals surface area contributed by atoms with Gasteiger partial charge in [-0.1, -0.05) is 23.7 Å². The van der Waals surface area contributed by atoms with Crippen LogP contribution >= 0.6 is 11.6 Å². The van der Waals surface area contributed by atoms with Crippen molar-refractivity contribution in [1.82, 2.24) is 4.57 Å². The quantitative estimate of drug-likeness (QED) is 0.755. The van der Waals surface area contributed by atoms with Gasteiger partial charge in [0.1, 0.15) is 5.69 Å². The maximum absolute atomic E-state index is 12.6. The zero-order valence-electron chi connectivity index (χ0n) is 13.3. The normalized spacial score (nSPS) is 10.6. The van der Waals surface area contributed by atoms with Crippen molar-refractivity contribution < 1.29 is 9.59 Å². The molecule has 1 heterocycles. The minimum atomic E-state index is -0.246. The molecule has 0 bridgehead atoms. The summed E-state index contributed by atoms with van der Waals surface area (Å²) in [4.78, 5) is 23.7.